The molecule has 0 unspecified atom stereocenters. The lowest BCUT2D eigenvalue weighted by Gasteiger charge is -2.13. The van der Waals surface area contributed by atoms with Crippen molar-refractivity contribution >= 4 is 17.7 Å². The number of alkyl halides is 2. The first-order chi connectivity index (χ1) is 7.42. The number of rotatable bonds is 3. The summed E-state index contributed by atoms with van der Waals surface area (Å²) in [6.07, 6.45) is 3.79. The number of hydrogen-bond donors (Lipinski definition) is 0. The lowest BCUT2D eigenvalue weighted by molar-refractivity contribution is 0.0472. The van der Waals surface area contributed by atoms with E-state index in [1.807, 2.05) is 0 Å². The molecule has 0 aliphatic carbocycles. The molecule has 0 aliphatic heterocycles. The largest absolute Gasteiger partial charge is 0.310 e. The highest BCUT2D eigenvalue weighted by molar-refractivity contribution is 6.30. The van der Waals surface area contributed by atoms with E-state index in [0.717, 1.165) is 0 Å². The van der Waals surface area contributed by atoms with Crippen LogP contribution < -0.4 is 0 Å². The summed E-state index contributed by atoms with van der Waals surface area (Å²) in [5.74, 6) is -3.27. The summed E-state index contributed by atoms with van der Waals surface area (Å²) < 4.78 is 26.7. The van der Waals surface area contributed by atoms with Gasteiger partial charge in [-0.2, -0.15) is 8.78 Å². The molecule has 0 aliphatic rings. The predicted molar refractivity (Wildman–Crippen MR) is 60.6 cm³/mol. The Hall–Kier alpha value is -1.29. The quantitative estimate of drug-likeness (QED) is 0.757. The van der Waals surface area contributed by atoms with Gasteiger partial charge in [0.2, 0.25) is 0 Å². The van der Waals surface area contributed by atoms with Crippen molar-refractivity contribution in [2.75, 3.05) is 0 Å². The average molecular weight is 245 g/mol. The number of hydrogen-bond acceptors (Lipinski definition) is 2. The maximum absolute atomic E-state index is 13.4. The molecule has 86 valence electrons. The Morgan fingerprint density at radius 3 is 2.50 bits per heavy atom. The summed E-state index contributed by atoms with van der Waals surface area (Å²) >= 11 is 5.64. The Morgan fingerprint density at radius 2 is 2.00 bits per heavy atom. The van der Waals surface area contributed by atoms with Crippen molar-refractivity contribution in [1.82, 2.24) is 9.97 Å². The third kappa shape index (κ3) is 2.44. The van der Waals surface area contributed by atoms with Gasteiger partial charge >= 0.3 is 5.92 Å². The standard InChI is InChI=1S/C11H11ClF2N2/c1-4-6-8-7(3)15-10(12)9(16-8)11(13,14)5-2/h4-6H,2H2,1,3H3. The molecule has 5 heteroatoms. The zero-order chi connectivity index (χ0) is 12.3. The molecule has 0 atom stereocenters. The highest BCUT2D eigenvalue weighted by Crippen LogP contribution is 2.32. The van der Waals surface area contributed by atoms with E-state index in [-0.39, 0.29) is 5.15 Å². The minimum Gasteiger partial charge on any atom is -0.242 e. The lowest BCUT2D eigenvalue weighted by atomic mass is 10.2. The number of aryl methyl sites for hydroxylation is 1. The van der Waals surface area contributed by atoms with Gasteiger partial charge in [0.15, 0.2) is 10.8 Å². The molecule has 0 saturated carbocycles. The van der Waals surface area contributed by atoms with Crippen molar-refractivity contribution in [2.24, 2.45) is 0 Å². The molecule has 1 heterocycles. The van der Waals surface area contributed by atoms with Crippen molar-refractivity contribution in [3.05, 3.63) is 41.0 Å². The van der Waals surface area contributed by atoms with Crippen LogP contribution in [0.25, 0.3) is 6.08 Å². The van der Waals surface area contributed by atoms with Crippen molar-refractivity contribution in [2.45, 2.75) is 19.8 Å². The number of allylic oxidation sites excluding steroid dienone is 2. The maximum atomic E-state index is 13.4. The first-order valence-electron chi connectivity index (χ1n) is 4.61. The van der Waals surface area contributed by atoms with E-state index < -0.39 is 11.6 Å². The molecule has 0 saturated heterocycles. The fraction of sp³-hybridized carbons (Fsp3) is 0.273. The summed E-state index contributed by atoms with van der Waals surface area (Å²) in [4.78, 5) is 7.63. The van der Waals surface area contributed by atoms with Gasteiger partial charge in [-0.25, -0.2) is 9.97 Å². The van der Waals surface area contributed by atoms with Crippen LogP contribution in [-0.4, -0.2) is 9.97 Å². The van der Waals surface area contributed by atoms with Crippen molar-refractivity contribution in [3.63, 3.8) is 0 Å². The van der Waals surface area contributed by atoms with E-state index in [1.54, 1.807) is 26.0 Å². The van der Waals surface area contributed by atoms with Crippen LogP contribution >= 0.6 is 11.6 Å². The van der Waals surface area contributed by atoms with Crippen LogP contribution in [0, 0.1) is 6.92 Å². The minimum absolute atomic E-state index is 0.296. The summed E-state index contributed by atoms with van der Waals surface area (Å²) in [5, 5.41) is -0.296. The fourth-order valence-electron chi connectivity index (χ4n) is 1.13. The summed E-state index contributed by atoms with van der Waals surface area (Å²) in [6.45, 7) is 6.48. The van der Waals surface area contributed by atoms with Gasteiger partial charge < -0.3 is 0 Å². The highest BCUT2D eigenvalue weighted by atomic mass is 35.5. The van der Waals surface area contributed by atoms with Gasteiger partial charge in [0.1, 0.15) is 0 Å². The third-order valence-electron chi connectivity index (χ3n) is 1.96. The Bertz CT molecular complexity index is 442. The number of halogens is 3. The van der Waals surface area contributed by atoms with Crippen LogP contribution in [0.1, 0.15) is 24.0 Å². The molecule has 1 aromatic heterocycles. The van der Waals surface area contributed by atoms with Crippen LogP contribution in [0.5, 0.6) is 0 Å². The molecule has 16 heavy (non-hydrogen) atoms. The molecule has 0 fully saturated rings. The highest BCUT2D eigenvalue weighted by Gasteiger charge is 2.33. The predicted octanol–water partition coefficient (Wildman–Crippen LogP) is 3.75. The van der Waals surface area contributed by atoms with Gasteiger partial charge in [0, 0.05) is 0 Å². The monoisotopic (exact) mass is 244 g/mol. The van der Waals surface area contributed by atoms with E-state index in [9.17, 15) is 8.78 Å². The van der Waals surface area contributed by atoms with Gasteiger partial charge in [0.05, 0.1) is 11.4 Å². The van der Waals surface area contributed by atoms with Crippen LogP contribution in [0.4, 0.5) is 8.78 Å². The zero-order valence-corrected chi connectivity index (χ0v) is 9.72. The Labute approximate surface area is 97.7 Å². The van der Waals surface area contributed by atoms with E-state index in [0.29, 0.717) is 17.5 Å². The van der Waals surface area contributed by atoms with E-state index in [4.69, 9.17) is 11.6 Å². The second-order valence-corrected chi connectivity index (χ2v) is 3.52. The number of nitrogens with zero attached hydrogens (tertiary/aromatic N) is 2. The molecule has 1 rings (SSSR count). The second kappa shape index (κ2) is 4.70. The molecule has 0 spiro atoms. The van der Waals surface area contributed by atoms with Crippen LogP contribution in [-0.2, 0) is 5.92 Å². The Balaban J connectivity index is 3.41. The summed E-state index contributed by atoms with van der Waals surface area (Å²) in [6, 6.07) is 0. The molecule has 2 nitrogen and oxygen atoms in total. The van der Waals surface area contributed by atoms with Crippen molar-refractivity contribution in [3.8, 4) is 0 Å². The molecule has 0 radical (unpaired) electrons. The SMILES string of the molecule is C=CC(F)(F)c1nc(C=CC)c(C)nc1Cl. The lowest BCUT2D eigenvalue weighted by Crippen LogP contribution is -2.14. The van der Waals surface area contributed by atoms with Gasteiger partial charge in [-0.3, -0.25) is 0 Å². The second-order valence-electron chi connectivity index (χ2n) is 3.16. The maximum Gasteiger partial charge on any atom is 0.310 e. The Kier molecular flexibility index (Phi) is 3.75. The molecule has 0 amide bonds. The molecule has 0 aromatic carbocycles. The van der Waals surface area contributed by atoms with Crippen LogP contribution in [0.2, 0.25) is 5.15 Å². The van der Waals surface area contributed by atoms with Gasteiger partial charge in [-0.1, -0.05) is 24.3 Å². The molecular weight excluding hydrogens is 234 g/mol. The Morgan fingerprint density at radius 1 is 1.38 bits per heavy atom. The van der Waals surface area contributed by atoms with Crippen LogP contribution in [0.3, 0.4) is 0 Å². The topological polar surface area (TPSA) is 25.8 Å². The molecular formula is C11H11ClF2N2. The summed E-state index contributed by atoms with van der Waals surface area (Å²) in [7, 11) is 0. The average Bonchev–Trinajstić information content (AvgIpc) is 2.22. The van der Waals surface area contributed by atoms with Gasteiger partial charge in [0.25, 0.3) is 0 Å². The number of aromatic nitrogens is 2. The van der Waals surface area contributed by atoms with Crippen LogP contribution in [0.15, 0.2) is 18.7 Å². The molecule has 0 N–H and O–H groups in total. The zero-order valence-electron chi connectivity index (χ0n) is 8.97. The van der Waals surface area contributed by atoms with E-state index in [2.05, 4.69) is 16.5 Å². The molecule has 1 aromatic rings. The van der Waals surface area contributed by atoms with E-state index in [1.165, 1.54) is 0 Å². The summed E-state index contributed by atoms with van der Waals surface area (Å²) in [5.41, 5.74) is 0.318. The van der Waals surface area contributed by atoms with E-state index >= 15 is 0 Å². The minimum atomic E-state index is -3.27. The smallest absolute Gasteiger partial charge is 0.242 e. The molecule has 0 bridgehead atoms. The fourth-order valence-corrected chi connectivity index (χ4v) is 1.42. The van der Waals surface area contributed by atoms with Crippen molar-refractivity contribution in [1.29, 1.82) is 0 Å². The third-order valence-corrected chi connectivity index (χ3v) is 2.22. The van der Waals surface area contributed by atoms with Gasteiger partial charge in [-0.15, -0.1) is 0 Å². The normalized spacial score (nSPS) is 12.1. The van der Waals surface area contributed by atoms with Gasteiger partial charge in [-0.05, 0) is 26.0 Å². The first kappa shape index (κ1) is 12.8. The first-order valence-corrected chi connectivity index (χ1v) is 4.99. The van der Waals surface area contributed by atoms with Crippen molar-refractivity contribution < 1.29 is 8.78 Å².